The third kappa shape index (κ3) is 4.32. The van der Waals surface area contributed by atoms with Gasteiger partial charge in [-0.15, -0.1) is 5.10 Å². The standard InChI is InChI=1S/C23H21N5O2S/c1-3-30-21(29)19-15(2)25-22-26-23(31-14-17-7-5-4-6-8-17)27-28(22)20(19)18-11-9-16(13-24)10-12-18/h4-12,20H,3,14H2,1-2H3,(H,25,26,27). The first-order chi connectivity index (χ1) is 15.1. The second-order valence-electron chi connectivity index (χ2n) is 6.96. The Morgan fingerprint density at radius 3 is 2.65 bits per heavy atom. The van der Waals surface area contributed by atoms with Gasteiger partial charge in [-0.3, -0.25) is 0 Å². The predicted molar refractivity (Wildman–Crippen MR) is 118 cm³/mol. The maximum absolute atomic E-state index is 12.8. The van der Waals surface area contributed by atoms with Crippen molar-refractivity contribution in [3.63, 3.8) is 0 Å². The first-order valence-electron chi connectivity index (χ1n) is 9.89. The Kier molecular flexibility index (Phi) is 6.05. The molecule has 0 aliphatic carbocycles. The van der Waals surface area contributed by atoms with E-state index in [0.717, 1.165) is 11.3 Å². The van der Waals surface area contributed by atoms with Crippen LogP contribution in [-0.4, -0.2) is 27.3 Å². The first kappa shape index (κ1) is 20.7. The van der Waals surface area contributed by atoms with Crippen molar-refractivity contribution in [1.82, 2.24) is 14.8 Å². The zero-order chi connectivity index (χ0) is 21.8. The van der Waals surface area contributed by atoms with E-state index in [1.807, 2.05) is 37.3 Å². The average Bonchev–Trinajstić information content (AvgIpc) is 3.20. The lowest BCUT2D eigenvalue weighted by Crippen LogP contribution is -2.29. The Balaban J connectivity index is 1.71. The molecule has 0 spiro atoms. The molecule has 1 aliphatic rings. The number of anilines is 1. The Morgan fingerprint density at radius 2 is 1.97 bits per heavy atom. The molecule has 1 aromatic heterocycles. The summed E-state index contributed by atoms with van der Waals surface area (Å²) >= 11 is 1.53. The molecule has 8 heteroatoms. The molecule has 1 N–H and O–H groups in total. The van der Waals surface area contributed by atoms with Crippen molar-refractivity contribution in [2.45, 2.75) is 30.8 Å². The van der Waals surface area contributed by atoms with Crippen molar-refractivity contribution in [3.05, 3.63) is 82.6 Å². The van der Waals surface area contributed by atoms with E-state index in [1.165, 1.54) is 17.3 Å². The van der Waals surface area contributed by atoms with Crippen molar-refractivity contribution in [2.24, 2.45) is 0 Å². The van der Waals surface area contributed by atoms with Gasteiger partial charge < -0.3 is 10.1 Å². The molecule has 0 saturated carbocycles. The number of aromatic nitrogens is 3. The summed E-state index contributed by atoms with van der Waals surface area (Å²) in [5, 5.41) is 17.6. The SMILES string of the molecule is CCOC(=O)C1=C(C)Nc2nc(SCc3ccccc3)nn2C1c1ccc(C#N)cc1. The van der Waals surface area contributed by atoms with Crippen molar-refractivity contribution in [2.75, 3.05) is 11.9 Å². The molecule has 156 valence electrons. The second-order valence-corrected chi connectivity index (χ2v) is 7.90. The van der Waals surface area contributed by atoms with Crippen LogP contribution in [0.2, 0.25) is 0 Å². The van der Waals surface area contributed by atoms with Gasteiger partial charge in [-0.2, -0.15) is 10.2 Å². The van der Waals surface area contributed by atoms with Gasteiger partial charge in [0.1, 0.15) is 6.04 Å². The number of hydrogen-bond donors (Lipinski definition) is 1. The van der Waals surface area contributed by atoms with Gasteiger partial charge in [0, 0.05) is 11.4 Å². The molecule has 2 heterocycles. The molecule has 4 rings (SSSR count). The van der Waals surface area contributed by atoms with Gasteiger partial charge in [-0.1, -0.05) is 54.2 Å². The van der Waals surface area contributed by atoms with Crippen molar-refractivity contribution >= 4 is 23.7 Å². The third-order valence-electron chi connectivity index (χ3n) is 4.89. The molecule has 1 aliphatic heterocycles. The molecule has 1 unspecified atom stereocenters. The quantitative estimate of drug-likeness (QED) is 0.460. The molecule has 0 fully saturated rings. The lowest BCUT2D eigenvalue weighted by atomic mass is 9.95. The summed E-state index contributed by atoms with van der Waals surface area (Å²) in [4.78, 5) is 17.4. The number of allylic oxidation sites excluding steroid dienone is 1. The molecule has 0 bridgehead atoms. The number of ether oxygens (including phenoxy) is 1. The van der Waals surface area contributed by atoms with Crippen LogP contribution in [-0.2, 0) is 15.3 Å². The minimum atomic E-state index is -0.499. The smallest absolute Gasteiger partial charge is 0.338 e. The van der Waals surface area contributed by atoms with Gasteiger partial charge in [0.05, 0.1) is 23.8 Å². The maximum Gasteiger partial charge on any atom is 0.338 e. The number of carbonyl (C=O) groups is 1. The molecule has 2 aromatic carbocycles. The number of nitrogens with zero attached hydrogens (tertiary/aromatic N) is 4. The molecular weight excluding hydrogens is 410 g/mol. The summed E-state index contributed by atoms with van der Waals surface area (Å²) in [6.45, 7) is 3.88. The van der Waals surface area contributed by atoms with Crippen LogP contribution in [0.3, 0.4) is 0 Å². The highest BCUT2D eigenvalue weighted by Gasteiger charge is 2.35. The topological polar surface area (TPSA) is 92.8 Å². The van der Waals surface area contributed by atoms with E-state index >= 15 is 0 Å². The Hall–Kier alpha value is -3.57. The van der Waals surface area contributed by atoms with Crippen LogP contribution in [0.5, 0.6) is 0 Å². The second kappa shape index (κ2) is 9.06. The summed E-state index contributed by atoms with van der Waals surface area (Å²) in [5.74, 6) is 0.903. The van der Waals surface area contributed by atoms with E-state index in [2.05, 4.69) is 28.5 Å². The highest BCUT2D eigenvalue weighted by atomic mass is 32.2. The molecule has 0 amide bonds. The Labute approximate surface area is 184 Å². The average molecular weight is 432 g/mol. The van der Waals surface area contributed by atoms with Gasteiger partial charge >= 0.3 is 5.97 Å². The van der Waals surface area contributed by atoms with E-state index in [1.54, 1.807) is 23.7 Å². The van der Waals surface area contributed by atoms with Crippen molar-refractivity contribution in [1.29, 1.82) is 5.26 Å². The molecular formula is C23H21N5O2S. The summed E-state index contributed by atoms with van der Waals surface area (Å²) in [6, 6.07) is 18.9. The van der Waals surface area contributed by atoms with Crippen LogP contribution in [0.1, 0.15) is 36.6 Å². The van der Waals surface area contributed by atoms with Crippen molar-refractivity contribution in [3.8, 4) is 6.07 Å². The van der Waals surface area contributed by atoms with Crippen LogP contribution in [0.25, 0.3) is 0 Å². The van der Waals surface area contributed by atoms with E-state index in [4.69, 9.17) is 15.1 Å². The summed E-state index contributed by atoms with van der Waals surface area (Å²) < 4.78 is 7.04. The van der Waals surface area contributed by atoms with E-state index < -0.39 is 12.0 Å². The highest BCUT2D eigenvalue weighted by molar-refractivity contribution is 7.98. The van der Waals surface area contributed by atoms with E-state index in [-0.39, 0.29) is 6.61 Å². The number of rotatable bonds is 6. The zero-order valence-electron chi connectivity index (χ0n) is 17.2. The number of nitrogens with one attached hydrogen (secondary N) is 1. The maximum atomic E-state index is 12.8. The molecule has 31 heavy (non-hydrogen) atoms. The number of benzene rings is 2. The highest BCUT2D eigenvalue weighted by Crippen LogP contribution is 2.37. The Morgan fingerprint density at radius 1 is 1.23 bits per heavy atom. The van der Waals surface area contributed by atoms with Crippen LogP contribution < -0.4 is 5.32 Å². The Bertz CT molecular complexity index is 1160. The molecule has 0 radical (unpaired) electrons. The molecule has 1 atom stereocenters. The zero-order valence-corrected chi connectivity index (χ0v) is 18.0. The number of esters is 1. The molecule has 3 aromatic rings. The normalized spacial score (nSPS) is 15.1. The number of thioether (sulfide) groups is 1. The fraction of sp³-hybridized carbons (Fsp3) is 0.217. The largest absolute Gasteiger partial charge is 0.463 e. The number of nitriles is 1. The molecule has 7 nitrogen and oxygen atoms in total. The van der Waals surface area contributed by atoms with Gasteiger partial charge in [0.25, 0.3) is 0 Å². The van der Waals surface area contributed by atoms with Crippen LogP contribution in [0.4, 0.5) is 5.95 Å². The summed E-state index contributed by atoms with van der Waals surface area (Å²) in [7, 11) is 0. The van der Waals surface area contributed by atoms with E-state index in [9.17, 15) is 4.79 Å². The first-order valence-corrected chi connectivity index (χ1v) is 10.9. The number of hydrogen-bond acceptors (Lipinski definition) is 7. The third-order valence-corrected chi connectivity index (χ3v) is 5.80. The van der Waals surface area contributed by atoms with Crippen LogP contribution in [0, 0.1) is 11.3 Å². The fourth-order valence-electron chi connectivity index (χ4n) is 3.44. The predicted octanol–water partition coefficient (Wildman–Crippen LogP) is 4.29. The van der Waals surface area contributed by atoms with Gasteiger partial charge in [0.2, 0.25) is 11.1 Å². The summed E-state index contributed by atoms with van der Waals surface area (Å²) in [6.07, 6.45) is 0. The van der Waals surface area contributed by atoms with Gasteiger partial charge in [-0.05, 0) is 37.1 Å². The number of fused-ring (bicyclic) bond motifs is 1. The minimum Gasteiger partial charge on any atom is -0.463 e. The van der Waals surface area contributed by atoms with Gasteiger partial charge in [0.15, 0.2) is 0 Å². The summed E-state index contributed by atoms with van der Waals surface area (Å²) in [5.41, 5.74) is 3.71. The lowest BCUT2D eigenvalue weighted by Gasteiger charge is -2.28. The van der Waals surface area contributed by atoms with Gasteiger partial charge in [-0.25, -0.2) is 9.48 Å². The fourth-order valence-corrected chi connectivity index (χ4v) is 4.22. The van der Waals surface area contributed by atoms with Crippen LogP contribution >= 0.6 is 11.8 Å². The minimum absolute atomic E-state index is 0.276. The van der Waals surface area contributed by atoms with E-state index in [0.29, 0.717) is 27.9 Å². The van der Waals surface area contributed by atoms with Crippen molar-refractivity contribution < 1.29 is 9.53 Å². The van der Waals surface area contributed by atoms with Crippen LogP contribution in [0.15, 0.2) is 71.0 Å². The number of carbonyl (C=O) groups excluding carboxylic acids is 1. The lowest BCUT2D eigenvalue weighted by molar-refractivity contribution is -0.139. The monoisotopic (exact) mass is 431 g/mol. The molecule has 0 saturated heterocycles.